The van der Waals surface area contributed by atoms with Gasteiger partial charge in [0.05, 0.1) is 5.56 Å². The van der Waals surface area contributed by atoms with Crippen LogP contribution in [0.5, 0.6) is 0 Å². The van der Waals surface area contributed by atoms with Gasteiger partial charge in [0.15, 0.2) is 5.96 Å². The Balaban J connectivity index is 0.00000338. The van der Waals surface area contributed by atoms with Gasteiger partial charge in [-0.05, 0) is 36.8 Å². The SMILES string of the molecule is CN=C(NCc1ccc(C(F)(F)F)cc1)NCC1(SC)CCOCC1.I. The summed E-state index contributed by atoms with van der Waals surface area (Å²) in [5, 5.41) is 6.46. The number of nitrogens with zero attached hydrogens (tertiary/aromatic N) is 1. The van der Waals surface area contributed by atoms with E-state index in [-0.39, 0.29) is 28.7 Å². The summed E-state index contributed by atoms with van der Waals surface area (Å²) in [6, 6.07) is 5.14. The van der Waals surface area contributed by atoms with Gasteiger partial charge in [-0.3, -0.25) is 4.99 Å². The Morgan fingerprint density at radius 1 is 1.19 bits per heavy atom. The Kier molecular flexibility index (Phi) is 9.53. The molecule has 1 aliphatic heterocycles. The van der Waals surface area contributed by atoms with Crippen molar-refractivity contribution >= 4 is 41.7 Å². The van der Waals surface area contributed by atoms with Crippen LogP contribution in [0.4, 0.5) is 13.2 Å². The molecule has 4 nitrogen and oxygen atoms in total. The van der Waals surface area contributed by atoms with Crippen molar-refractivity contribution < 1.29 is 17.9 Å². The standard InChI is InChI=1S/C17H24F3N3OS.HI/c1-21-15(23-12-16(25-2)7-9-24-10-8-16)22-11-13-3-5-14(6-4-13)17(18,19)20;/h3-6H,7-12H2,1-2H3,(H2,21,22,23);1H. The average molecular weight is 503 g/mol. The lowest BCUT2D eigenvalue weighted by Gasteiger charge is -2.36. The summed E-state index contributed by atoms with van der Waals surface area (Å²) in [5.41, 5.74) is 0.127. The molecule has 0 radical (unpaired) electrons. The molecule has 9 heteroatoms. The first-order valence-corrected chi connectivity index (χ1v) is 9.34. The molecule has 1 saturated heterocycles. The third-order valence-corrected chi connectivity index (χ3v) is 5.80. The van der Waals surface area contributed by atoms with Crippen molar-refractivity contribution in [3.8, 4) is 0 Å². The summed E-state index contributed by atoms with van der Waals surface area (Å²) >= 11 is 1.83. The maximum atomic E-state index is 12.6. The van der Waals surface area contributed by atoms with E-state index in [1.54, 1.807) is 7.05 Å². The molecule has 1 heterocycles. The lowest BCUT2D eigenvalue weighted by Crippen LogP contribution is -2.47. The van der Waals surface area contributed by atoms with E-state index < -0.39 is 11.7 Å². The second-order valence-corrected chi connectivity index (χ2v) is 7.25. The monoisotopic (exact) mass is 503 g/mol. The molecule has 0 saturated carbocycles. The second-order valence-electron chi connectivity index (χ2n) is 5.97. The van der Waals surface area contributed by atoms with Crippen LogP contribution in [0.3, 0.4) is 0 Å². The number of benzene rings is 1. The second kappa shape index (κ2) is 10.6. The van der Waals surface area contributed by atoms with Crippen LogP contribution >= 0.6 is 35.7 Å². The van der Waals surface area contributed by atoms with Crippen LogP contribution in [-0.2, 0) is 17.5 Å². The van der Waals surface area contributed by atoms with Crippen molar-refractivity contribution in [1.82, 2.24) is 10.6 Å². The predicted molar refractivity (Wildman–Crippen MR) is 111 cm³/mol. The molecule has 2 rings (SSSR count). The zero-order valence-electron chi connectivity index (χ0n) is 14.9. The number of hydrogen-bond acceptors (Lipinski definition) is 3. The van der Waals surface area contributed by atoms with Gasteiger partial charge in [0.25, 0.3) is 0 Å². The largest absolute Gasteiger partial charge is 0.416 e. The number of halogens is 4. The zero-order chi connectivity index (χ0) is 18.3. The van der Waals surface area contributed by atoms with E-state index in [1.165, 1.54) is 12.1 Å². The molecule has 0 aliphatic carbocycles. The molecule has 0 aromatic heterocycles. The lowest BCUT2D eigenvalue weighted by atomic mass is 9.99. The Morgan fingerprint density at radius 2 is 1.81 bits per heavy atom. The van der Waals surface area contributed by atoms with Crippen molar-refractivity contribution in [2.45, 2.75) is 30.3 Å². The van der Waals surface area contributed by atoms with Crippen LogP contribution in [0.25, 0.3) is 0 Å². The number of rotatable bonds is 5. The van der Waals surface area contributed by atoms with E-state index in [0.717, 1.165) is 50.3 Å². The smallest absolute Gasteiger partial charge is 0.381 e. The fraction of sp³-hybridized carbons (Fsp3) is 0.588. The fourth-order valence-corrected chi connectivity index (χ4v) is 3.45. The summed E-state index contributed by atoms with van der Waals surface area (Å²) in [7, 11) is 1.68. The lowest BCUT2D eigenvalue weighted by molar-refractivity contribution is -0.137. The van der Waals surface area contributed by atoms with E-state index in [2.05, 4.69) is 21.9 Å². The molecule has 0 spiro atoms. The number of aliphatic imine (C=N–C) groups is 1. The van der Waals surface area contributed by atoms with Crippen molar-refractivity contribution in [3.05, 3.63) is 35.4 Å². The third kappa shape index (κ3) is 6.80. The molecule has 148 valence electrons. The van der Waals surface area contributed by atoms with Crippen LogP contribution in [-0.4, -0.2) is 43.8 Å². The van der Waals surface area contributed by atoms with Gasteiger partial charge in [-0.2, -0.15) is 24.9 Å². The van der Waals surface area contributed by atoms with Crippen LogP contribution in [0.1, 0.15) is 24.0 Å². The van der Waals surface area contributed by atoms with Gasteiger partial charge in [0.1, 0.15) is 0 Å². The van der Waals surface area contributed by atoms with E-state index in [1.807, 2.05) is 11.8 Å². The van der Waals surface area contributed by atoms with E-state index in [9.17, 15) is 13.2 Å². The minimum Gasteiger partial charge on any atom is -0.381 e. The Hall–Kier alpha value is -0.680. The van der Waals surface area contributed by atoms with Crippen LogP contribution < -0.4 is 10.6 Å². The quantitative estimate of drug-likeness (QED) is 0.364. The summed E-state index contributed by atoms with van der Waals surface area (Å²) in [6.07, 6.45) is -0.237. The van der Waals surface area contributed by atoms with Gasteiger partial charge in [0.2, 0.25) is 0 Å². The number of alkyl halides is 3. The summed E-state index contributed by atoms with van der Waals surface area (Å²) in [5.74, 6) is 0.639. The Labute approximate surface area is 173 Å². The number of nitrogens with one attached hydrogen (secondary N) is 2. The van der Waals surface area contributed by atoms with E-state index in [4.69, 9.17) is 4.74 Å². The van der Waals surface area contributed by atoms with Gasteiger partial charge in [-0.15, -0.1) is 24.0 Å². The molecular weight excluding hydrogens is 478 g/mol. The minimum atomic E-state index is -4.31. The highest BCUT2D eigenvalue weighted by atomic mass is 127. The van der Waals surface area contributed by atoms with E-state index in [0.29, 0.717) is 12.5 Å². The summed E-state index contributed by atoms with van der Waals surface area (Å²) in [4.78, 5) is 4.18. The molecule has 1 aliphatic rings. The van der Waals surface area contributed by atoms with Gasteiger partial charge in [-0.25, -0.2) is 0 Å². The Bertz CT molecular complexity index is 576. The average Bonchev–Trinajstić information content (AvgIpc) is 2.62. The van der Waals surface area contributed by atoms with Gasteiger partial charge < -0.3 is 15.4 Å². The molecule has 0 bridgehead atoms. The molecule has 1 fully saturated rings. The number of hydrogen-bond donors (Lipinski definition) is 2. The zero-order valence-corrected chi connectivity index (χ0v) is 18.0. The number of thioether (sulfide) groups is 1. The maximum Gasteiger partial charge on any atom is 0.416 e. The molecule has 0 atom stereocenters. The van der Waals surface area contributed by atoms with Gasteiger partial charge in [-0.1, -0.05) is 12.1 Å². The topological polar surface area (TPSA) is 45.7 Å². The highest BCUT2D eigenvalue weighted by molar-refractivity contribution is 14.0. The molecule has 1 aromatic carbocycles. The van der Waals surface area contributed by atoms with Crippen molar-refractivity contribution in [3.63, 3.8) is 0 Å². The molecule has 1 aromatic rings. The highest BCUT2D eigenvalue weighted by Crippen LogP contribution is 2.33. The number of ether oxygens (including phenoxy) is 1. The van der Waals surface area contributed by atoms with Crippen LogP contribution in [0, 0.1) is 0 Å². The first-order chi connectivity index (χ1) is 11.9. The summed E-state index contributed by atoms with van der Waals surface area (Å²) < 4.78 is 43.3. The van der Waals surface area contributed by atoms with E-state index >= 15 is 0 Å². The highest BCUT2D eigenvalue weighted by Gasteiger charge is 2.32. The predicted octanol–water partition coefficient (Wildman–Crippen LogP) is 3.90. The molecule has 26 heavy (non-hydrogen) atoms. The van der Waals surface area contributed by atoms with Gasteiger partial charge in [0, 0.05) is 38.1 Å². The van der Waals surface area contributed by atoms with Crippen LogP contribution in [0.15, 0.2) is 29.3 Å². The Morgan fingerprint density at radius 3 is 2.31 bits per heavy atom. The molecular formula is C17H25F3IN3OS. The fourth-order valence-electron chi connectivity index (χ4n) is 2.66. The maximum absolute atomic E-state index is 12.6. The van der Waals surface area contributed by atoms with Crippen molar-refractivity contribution in [2.24, 2.45) is 4.99 Å². The van der Waals surface area contributed by atoms with Crippen LogP contribution in [0.2, 0.25) is 0 Å². The first kappa shape index (κ1) is 23.4. The molecule has 0 unspecified atom stereocenters. The van der Waals surface area contributed by atoms with Crippen molar-refractivity contribution in [1.29, 1.82) is 0 Å². The summed E-state index contributed by atoms with van der Waals surface area (Å²) in [6.45, 7) is 2.71. The third-order valence-electron chi connectivity index (χ3n) is 4.38. The first-order valence-electron chi connectivity index (χ1n) is 8.12. The number of guanidine groups is 1. The van der Waals surface area contributed by atoms with Crippen molar-refractivity contribution in [2.75, 3.05) is 33.1 Å². The normalized spacial score (nSPS) is 17.3. The van der Waals surface area contributed by atoms with Gasteiger partial charge >= 0.3 is 6.18 Å². The molecule has 2 N–H and O–H groups in total. The minimum absolute atomic E-state index is 0. The molecule has 0 amide bonds.